The van der Waals surface area contributed by atoms with Crippen LogP contribution < -0.4 is 5.32 Å². The van der Waals surface area contributed by atoms with Crippen molar-refractivity contribution in [1.29, 1.82) is 0 Å². The van der Waals surface area contributed by atoms with Crippen molar-refractivity contribution in [2.75, 3.05) is 0 Å². The van der Waals surface area contributed by atoms with Crippen LogP contribution in [-0.2, 0) is 13.6 Å². The van der Waals surface area contributed by atoms with Crippen molar-refractivity contribution in [2.24, 2.45) is 7.05 Å². The van der Waals surface area contributed by atoms with Crippen LogP contribution in [0.2, 0.25) is 0 Å². The molecule has 1 heterocycles. The van der Waals surface area contributed by atoms with E-state index in [1.807, 2.05) is 18.5 Å². The maximum absolute atomic E-state index is 11.1. The quantitative estimate of drug-likeness (QED) is 0.818. The van der Waals surface area contributed by atoms with Gasteiger partial charge in [-0.25, -0.2) is 4.79 Å². The molecule has 0 bridgehead atoms. The Bertz CT molecular complexity index is 433. The van der Waals surface area contributed by atoms with Crippen molar-refractivity contribution in [2.45, 2.75) is 52.6 Å². The zero-order chi connectivity index (χ0) is 13.9. The lowest BCUT2D eigenvalue weighted by atomic mass is 9.99. The van der Waals surface area contributed by atoms with Gasteiger partial charge in [-0.15, -0.1) is 0 Å². The molecule has 2 N–H and O–H groups in total. The predicted octanol–water partition coefficient (Wildman–Crippen LogP) is 2.70. The number of hydrogen-bond acceptors (Lipinski definition) is 2. The van der Waals surface area contributed by atoms with Crippen LogP contribution in [0.15, 0.2) is 6.07 Å². The molecule has 1 aromatic rings. The van der Waals surface area contributed by atoms with Crippen molar-refractivity contribution >= 4 is 5.97 Å². The Kier molecular flexibility index (Phi) is 4.57. The second-order valence-electron chi connectivity index (χ2n) is 5.49. The highest BCUT2D eigenvalue weighted by atomic mass is 16.4. The first kappa shape index (κ1) is 14.8. The van der Waals surface area contributed by atoms with E-state index in [-0.39, 0.29) is 5.54 Å². The highest BCUT2D eigenvalue weighted by Crippen LogP contribution is 2.16. The summed E-state index contributed by atoms with van der Waals surface area (Å²) >= 11 is 0. The van der Waals surface area contributed by atoms with Crippen LogP contribution in [0.3, 0.4) is 0 Å². The van der Waals surface area contributed by atoms with Gasteiger partial charge >= 0.3 is 5.97 Å². The van der Waals surface area contributed by atoms with Gasteiger partial charge in [0.05, 0.1) is 5.56 Å². The Morgan fingerprint density at radius 3 is 2.56 bits per heavy atom. The maximum atomic E-state index is 11.1. The Morgan fingerprint density at radius 2 is 2.11 bits per heavy atom. The molecule has 0 saturated heterocycles. The van der Waals surface area contributed by atoms with Crippen molar-refractivity contribution in [1.82, 2.24) is 9.88 Å². The van der Waals surface area contributed by atoms with Gasteiger partial charge in [0.25, 0.3) is 0 Å². The van der Waals surface area contributed by atoms with E-state index in [0.29, 0.717) is 12.1 Å². The highest BCUT2D eigenvalue weighted by Gasteiger charge is 2.18. The van der Waals surface area contributed by atoms with Gasteiger partial charge in [0, 0.05) is 30.5 Å². The van der Waals surface area contributed by atoms with E-state index in [0.717, 1.165) is 24.2 Å². The van der Waals surface area contributed by atoms with E-state index in [2.05, 4.69) is 26.1 Å². The van der Waals surface area contributed by atoms with Gasteiger partial charge in [-0.3, -0.25) is 0 Å². The molecule has 0 aliphatic heterocycles. The number of aromatic nitrogens is 1. The Balaban J connectivity index is 2.80. The van der Waals surface area contributed by atoms with Crippen LogP contribution in [0.5, 0.6) is 0 Å². The predicted molar refractivity (Wildman–Crippen MR) is 72.9 cm³/mol. The van der Waals surface area contributed by atoms with Crippen molar-refractivity contribution < 1.29 is 9.90 Å². The summed E-state index contributed by atoms with van der Waals surface area (Å²) in [5.74, 6) is -0.859. The van der Waals surface area contributed by atoms with Crippen LogP contribution in [0, 0.1) is 6.92 Å². The molecular formula is C14H24N2O2. The second-order valence-corrected chi connectivity index (χ2v) is 5.49. The van der Waals surface area contributed by atoms with E-state index in [1.54, 1.807) is 6.07 Å². The standard InChI is InChI=1S/C14H24N2O2/c1-6-7-14(3,4)15-9-11-8-12(13(17)18)10(2)16(11)5/h8,15H,6-7,9H2,1-5H3,(H,17,18). The van der Waals surface area contributed by atoms with Crippen molar-refractivity contribution in [3.63, 3.8) is 0 Å². The fraction of sp³-hybridized carbons (Fsp3) is 0.643. The smallest absolute Gasteiger partial charge is 0.337 e. The van der Waals surface area contributed by atoms with E-state index < -0.39 is 5.97 Å². The number of carbonyl (C=O) groups is 1. The lowest BCUT2D eigenvalue weighted by Gasteiger charge is -2.26. The average molecular weight is 252 g/mol. The van der Waals surface area contributed by atoms with E-state index in [4.69, 9.17) is 5.11 Å². The molecule has 0 amide bonds. The zero-order valence-corrected chi connectivity index (χ0v) is 12.0. The molecule has 0 aromatic carbocycles. The molecule has 0 spiro atoms. The minimum atomic E-state index is -0.859. The summed E-state index contributed by atoms with van der Waals surface area (Å²) in [6, 6.07) is 1.76. The van der Waals surface area contributed by atoms with E-state index in [9.17, 15) is 4.79 Å². The first-order valence-electron chi connectivity index (χ1n) is 6.42. The second kappa shape index (κ2) is 5.57. The third-order valence-electron chi connectivity index (χ3n) is 3.49. The zero-order valence-electron chi connectivity index (χ0n) is 12.0. The fourth-order valence-corrected chi connectivity index (χ4v) is 2.19. The first-order chi connectivity index (χ1) is 8.28. The highest BCUT2D eigenvalue weighted by molar-refractivity contribution is 5.89. The molecule has 0 atom stereocenters. The van der Waals surface area contributed by atoms with E-state index in [1.165, 1.54) is 0 Å². The largest absolute Gasteiger partial charge is 0.478 e. The summed E-state index contributed by atoms with van der Waals surface area (Å²) in [4.78, 5) is 11.1. The number of aromatic carboxylic acids is 1. The van der Waals surface area contributed by atoms with Crippen LogP contribution >= 0.6 is 0 Å². The van der Waals surface area contributed by atoms with Gasteiger partial charge in [0.2, 0.25) is 0 Å². The number of hydrogen-bond donors (Lipinski definition) is 2. The molecule has 0 unspecified atom stereocenters. The summed E-state index contributed by atoms with van der Waals surface area (Å²) < 4.78 is 1.94. The molecule has 4 heteroatoms. The molecule has 0 saturated carbocycles. The molecule has 0 radical (unpaired) electrons. The Morgan fingerprint density at radius 1 is 1.50 bits per heavy atom. The summed E-state index contributed by atoms with van der Waals surface area (Å²) in [6.45, 7) is 9.04. The number of nitrogens with zero attached hydrogens (tertiary/aromatic N) is 1. The SMILES string of the molecule is CCCC(C)(C)NCc1cc(C(=O)O)c(C)n1C. The normalized spacial score (nSPS) is 11.8. The third-order valence-corrected chi connectivity index (χ3v) is 3.49. The molecule has 18 heavy (non-hydrogen) atoms. The van der Waals surface area contributed by atoms with Gasteiger partial charge in [-0.05, 0) is 33.3 Å². The molecular weight excluding hydrogens is 228 g/mol. The van der Waals surface area contributed by atoms with Crippen LogP contribution in [-0.4, -0.2) is 21.2 Å². The molecule has 0 aliphatic rings. The minimum absolute atomic E-state index is 0.0797. The topological polar surface area (TPSA) is 54.3 Å². The molecule has 4 nitrogen and oxygen atoms in total. The Hall–Kier alpha value is -1.29. The molecule has 0 aliphatic carbocycles. The van der Waals surface area contributed by atoms with Gasteiger partial charge in [-0.2, -0.15) is 0 Å². The third kappa shape index (κ3) is 3.35. The summed E-state index contributed by atoms with van der Waals surface area (Å²) in [5.41, 5.74) is 2.28. The maximum Gasteiger partial charge on any atom is 0.337 e. The summed E-state index contributed by atoms with van der Waals surface area (Å²) in [5, 5.41) is 12.6. The monoisotopic (exact) mass is 252 g/mol. The van der Waals surface area contributed by atoms with Crippen LogP contribution in [0.25, 0.3) is 0 Å². The van der Waals surface area contributed by atoms with Crippen molar-refractivity contribution in [3.05, 3.63) is 23.0 Å². The number of carboxylic acid groups (broad SMARTS) is 1. The number of rotatable bonds is 6. The molecule has 1 aromatic heterocycles. The fourth-order valence-electron chi connectivity index (χ4n) is 2.19. The van der Waals surface area contributed by atoms with Crippen LogP contribution in [0.4, 0.5) is 0 Å². The lowest BCUT2D eigenvalue weighted by Crippen LogP contribution is -2.38. The van der Waals surface area contributed by atoms with Gasteiger partial charge < -0.3 is 15.0 Å². The van der Waals surface area contributed by atoms with Crippen LogP contribution in [0.1, 0.15) is 55.4 Å². The van der Waals surface area contributed by atoms with Gasteiger partial charge in [0.15, 0.2) is 0 Å². The number of nitrogens with one attached hydrogen (secondary N) is 1. The average Bonchev–Trinajstić information content (AvgIpc) is 2.54. The summed E-state index contributed by atoms with van der Waals surface area (Å²) in [6.07, 6.45) is 2.23. The molecule has 102 valence electrons. The lowest BCUT2D eigenvalue weighted by molar-refractivity contribution is 0.0696. The minimum Gasteiger partial charge on any atom is -0.478 e. The Labute approximate surface area is 109 Å². The number of carboxylic acids is 1. The van der Waals surface area contributed by atoms with E-state index >= 15 is 0 Å². The summed E-state index contributed by atoms with van der Waals surface area (Å²) in [7, 11) is 1.91. The molecule has 0 fully saturated rings. The first-order valence-corrected chi connectivity index (χ1v) is 6.42. The van der Waals surface area contributed by atoms with Gasteiger partial charge in [0.1, 0.15) is 0 Å². The van der Waals surface area contributed by atoms with Gasteiger partial charge in [-0.1, -0.05) is 13.3 Å². The van der Waals surface area contributed by atoms with Crippen molar-refractivity contribution in [3.8, 4) is 0 Å². The molecule has 1 rings (SSSR count).